The number of piperazine rings is 1. The van der Waals surface area contributed by atoms with Crippen LogP contribution in [0.4, 0.5) is 5.82 Å². The molecule has 1 fully saturated rings. The maximum atomic E-state index is 11.9. The summed E-state index contributed by atoms with van der Waals surface area (Å²) in [7, 11) is 5.54. The molecule has 2 aromatic heterocycles. The fraction of sp³-hybridized carbons (Fsp3) is 0.500. The Hall–Kier alpha value is -2.38. The van der Waals surface area contributed by atoms with Crippen LogP contribution in [0.15, 0.2) is 24.4 Å². The fourth-order valence-electron chi connectivity index (χ4n) is 3.45. The van der Waals surface area contributed by atoms with E-state index in [1.165, 1.54) is 12.7 Å². The highest BCUT2D eigenvalue weighted by atomic mass is 16.5. The second-order valence-electron chi connectivity index (χ2n) is 7.07. The van der Waals surface area contributed by atoms with E-state index >= 15 is 0 Å². The van der Waals surface area contributed by atoms with E-state index in [1.54, 1.807) is 0 Å². The van der Waals surface area contributed by atoms with Crippen molar-refractivity contribution in [1.82, 2.24) is 19.8 Å². The van der Waals surface area contributed by atoms with Crippen molar-refractivity contribution < 1.29 is 9.53 Å². The zero-order valence-electron chi connectivity index (χ0n) is 16.7. The van der Waals surface area contributed by atoms with Crippen LogP contribution in [0.25, 0.3) is 0 Å². The number of methoxy groups -OCH3 is 1. The highest BCUT2D eigenvalue weighted by Crippen LogP contribution is 2.19. The van der Waals surface area contributed by atoms with Crippen LogP contribution in [-0.2, 0) is 24.9 Å². The maximum Gasteiger partial charge on any atom is 0.339 e. The first-order chi connectivity index (χ1) is 13.0. The van der Waals surface area contributed by atoms with Crippen LogP contribution in [-0.4, -0.2) is 60.8 Å². The summed E-state index contributed by atoms with van der Waals surface area (Å²) in [6.45, 7) is 7.45. The number of carbonyl (C=O) groups is 1. The monoisotopic (exact) mass is 371 g/mol. The number of carbonyl (C=O) groups excluding carboxylic acids is 1. The Bertz CT molecular complexity index is 794. The Kier molecular flexibility index (Phi) is 6.13. The lowest BCUT2D eigenvalue weighted by atomic mass is 10.2. The van der Waals surface area contributed by atoms with E-state index in [1.807, 2.05) is 36.9 Å². The zero-order chi connectivity index (χ0) is 19.4. The smallest absolute Gasteiger partial charge is 0.339 e. The quantitative estimate of drug-likeness (QED) is 0.778. The number of hydrogen-bond acceptors (Lipinski definition) is 6. The Morgan fingerprint density at radius 2 is 1.96 bits per heavy atom. The zero-order valence-corrected chi connectivity index (χ0v) is 16.7. The number of likely N-dealkylation sites (N-methyl/N-ethyl adjacent to an activating group) is 1. The van der Waals surface area contributed by atoms with Crippen LogP contribution in [0, 0.1) is 6.92 Å². The highest BCUT2D eigenvalue weighted by Gasteiger charge is 2.18. The van der Waals surface area contributed by atoms with Crippen molar-refractivity contribution >= 4 is 11.8 Å². The molecule has 1 aliphatic rings. The third kappa shape index (κ3) is 4.31. The van der Waals surface area contributed by atoms with Crippen molar-refractivity contribution in [2.75, 3.05) is 45.2 Å². The molecule has 0 bridgehead atoms. The van der Waals surface area contributed by atoms with Crippen LogP contribution >= 0.6 is 0 Å². The number of hydrogen-bond donors (Lipinski definition) is 1. The highest BCUT2D eigenvalue weighted by molar-refractivity contribution is 5.91. The Morgan fingerprint density at radius 3 is 2.67 bits per heavy atom. The van der Waals surface area contributed by atoms with Crippen molar-refractivity contribution in [3.63, 3.8) is 0 Å². The van der Waals surface area contributed by atoms with Gasteiger partial charge in [0.05, 0.1) is 12.7 Å². The molecule has 0 radical (unpaired) electrons. The Labute approximate surface area is 160 Å². The van der Waals surface area contributed by atoms with Gasteiger partial charge < -0.3 is 24.4 Å². The fourth-order valence-corrected chi connectivity index (χ4v) is 3.45. The van der Waals surface area contributed by atoms with Gasteiger partial charge in [-0.3, -0.25) is 0 Å². The second kappa shape index (κ2) is 8.54. The molecule has 2 aromatic rings. The van der Waals surface area contributed by atoms with Gasteiger partial charge in [0.15, 0.2) is 0 Å². The molecular formula is C20H29N5O2. The molecule has 0 aliphatic carbocycles. The average Bonchev–Trinajstić information content (AvgIpc) is 2.97. The van der Waals surface area contributed by atoms with Gasteiger partial charge in [0.25, 0.3) is 0 Å². The first-order valence-corrected chi connectivity index (χ1v) is 9.33. The first-order valence-electron chi connectivity index (χ1n) is 9.33. The summed E-state index contributed by atoms with van der Waals surface area (Å²) >= 11 is 0. The third-order valence-electron chi connectivity index (χ3n) is 5.33. The Balaban J connectivity index is 1.66. The standard InChI is InChI=1S/C20H29N5O2/c1-15-18(20(26)27-4)12-17(24(15)3)14-21-13-16-6-5-7-22-19(16)25-10-8-23(2)9-11-25/h5-7,12,21H,8-11,13-14H2,1-4H3. The number of nitrogens with zero attached hydrogens (tertiary/aromatic N) is 4. The maximum absolute atomic E-state index is 11.9. The first kappa shape index (κ1) is 19.4. The molecule has 1 aliphatic heterocycles. The SMILES string of the molecule is COC(=O)c1cc(CNCc2cccnc2N2CCN(C)CC2)n(C)c1C. The van der Waals surface area contributed by atoms with Crippen LogP contribution in [0.1, 0.15) is 27.3 Å². The molecule has 1 N–H and O–H groups in total. The normalized spacial score (nSPS) is 15.2. The van der Waals surface area contributed by atoms with E-state index in [0.29, 0.717) is 12.1 Å². The summed E-state index contributed by atoms with van der Waals surface area (Å²) in [5.74, 6) is 0.773. The van der Waals surface area contributed by atoms with Gasteiger partial charge in [-0.2, -0.15) is 0 Å². The molecule has 0 aromatic carbocycles. The van der Waals surface area contributed by atoms with Crippen molar-refractivity contribution in [2.24, 2.45) is 7.05 Å². The lowest BCUT2D eigenvalue weighted by molar-refractivity contribution is 0.0600. The van der Waals surface area contributed by atoms with E-state index in [0.717, 1.165) is 49.9 Å². The summed E-state index contributed by atoms with van der Waals surface area (Å²) in [5, 5.41) is 3.49. The minimum atomic E-state index is -0.293. The molecular weight excluding hydrogens is 342 g/mol. The molecule has 27 heavy (non-hydrogen) atoms. The lowest BCUT2D eigenvalue weighted by Crippen LogP contribution is -2.45. The Morgan fingerprint density at radius 1 is 1.22 bits per heavy atom. The van der Waals surface area contributed by atoms with Gasteiger partial charge in [-0.15, -0.1) is 0 Å². The molecule has 1 saturated heterocycles. The molecule has 146 valence electrons. The molecule has 0 amide bonds. The van der Waals surface area contributed by atoms with Crippen LogP contribution in [0.5, 0.6) is 0 Å². The lowest BCUT2D eigenvalue weighted by Gasteiger charge is -2.34. The topological polar surface area (TPSA) is 62.6 Å². The number of anilines is 1. The molecule has 3 rings (SSSR count). The van der Waals surface area contributed by atoms with E-state index in [4.69, 9.17) is 4.74 Å². The number of ether oxygens (including phenoxy) is 1. The average molecular weight is 371 g/mol. The summed E-state index contributed by atoms with van der Waals surface area (Å²) in [4.78, 5) is 21.2. The molecule has 0 unspecified atom stereocenters. The summed E-state index contributed by atoms with van der Waals surface area (Å²) in [6, 6.07) is 6.02. The molecule has 0 saturated carbocycles. The van der Waals surface area contributed by atoms with Gasteiger partial charge in [-0.1, -0.05) is 6.07 Å². The summed E-state index contributed by atoms with van der Waals surface area (Å²) in [5.41, 5.74) is 3.79. The van der Waals surface area contributed by atoms with Crippen molar-refractivity contribution in [3.05, 3.63) is 46.9 Å². The molecule has 0 spiro atoms. The van der Waals surface area contributed by atoms with Crippen LogP contribution in [0.3, 0.4) is 0 Å². The van der Waals surface area contributed by atoms with Gasteiger partial charge in [0.2, 0.25) is 0 Å². The number of aromatic nitrogens is 2. The number of esters is 1. The minimum absolute atomic E-state index is 0.293. The molecule has 7 heteroatoms. The largest absolute Gasteiger partial charge is 0.465 e. The van der Waals surface area contributed by atoms with Gasteiger partial charge >= 0.3 is 5.97 Å². The van der Waals surface area contributed by atoms with Gasteiger partial charge in [-0.05, 0) is 26.1 Å². The van der Waals surface area contributed by atoms with E-state index in [9.17, 15) is 4.79 Å². The van der Waals surface area contributed by atoms with Gasteiger partial charge in [-0.25, -0.2) is 9.78 Å². The van der Waals surface area contributed by atoms with E-state index in [-0.39, 0.29) is 5.97 Å². The van der Waals surface area contributed by atoms with E-state index in [2.05, 4.69) is 33.2 Å². The minimum Gasteiger partial charge on any atom is -0.465 e. The molecule has 0 atom stereocenters. The summed E-state index contributed by atoms with van der Waals surface area (Å²) < 4.78 is 6.89. The number of pyridine rings is 1. The predicted molar refractivity (Wildman–Crippen MR) is 106 cm³/mol. The van der Waals surface area contributed by atoms with Gasteiger partial charge in [0, 0.05) is 69.5 Å². The van der Waals surface area contributed by atoms with E-state index < -0.39 is 0 Å². The second-order valence-corrected chi connectivity index (χ2v) is 7.07. The third-order valence-corrected chi connectivity index (χ3v) is 5.33. The molecule has 3 heterocycles. The number of nitrogens with one attached hydrogen (secondary N) is 1. The summed E-state index contributed by atoms with van der Waals surface area (Å²) in [6.07, 6.45) is 1.86. The number of rotatable bonds is 6. The van der Waals surface area contributed by atoms with Gasteiger partial charge in [0.1, 0.15) is 5.82 Å². The van der Waals surface area contributed by atoms with Crippen molar-refractivity contribution in [1.29, 1.82) is 0 Å². The van der Waals surface area contributed by atoms with Crippen molar-refractivity contribution in [2.45, 2.75) is 20.0 Å². The predicted octanol–water partition coefficient (Wildman–Crippen LogP) is 1.56. The molecule has 7 nitrogen and oxygen atoms in total. The van der Waals surface area contributed by atoms with Crippen LogP contribution < -0.4 is 10.2 Å². The van der Waals surface area contributed by atoms with Crippen molar-refractivity contribution in [3.8, 4) is 0 Å². The van der Waals surface area contributed by atoms with Crippen LogP contribution in [0.2, 0.25) is 0 Å².